The van der Waals surface area contributed by atoms with E-state index < -0.39 is 0 Å². The minimum Gasteiger partial charge on any atom is -0.493 e. The summed E-state index contributed by atoms with van der Waals surface area (Å²) in [4.78, 5) is 0. The third-order valence-corrected chi connectivity index (χ3v) is 4.38. The monoisotopic (exact) mass is 321 g/mol. The second-order valence-corrected chi connectivity index (χ2v) is 6.18. The molecule has 2 aromatic carbocycles. The lowest BCUT2D eigenvalue weighted by Crippen LogP contribution is -2.19. The molecule has 0 aliphatic carbocycles. The molecular formula is C17H17Cl2NO. The fraction of sp³-hybridized carbons (Fsp3) is 0.294. The molecule has 0 saturated carbocycles. The van der Waals surface area contributed by atoms with Crippen molar-refractivity contribution in [2.24, 2.45) is 0 Å². The number of nitrogens with one attached hydrogen (secondary N) is 1. The van der Waals surface area contributed by atoms with Gasteiger partial charge in [-0.2, -0.15) is 0 Å². The molecular weight excluding hydrogens is 305 g/mol. The van der Waals surface area contributed by atoms with Crippen LogP contribution in [0.4, 0.5) is 0 Å². The van der Waals surface area contributed by atoms with E-state index in [2.05, 4.69) is 12.2 Å². The lowest BCUT2D eigenvalue weighted by Gasteiger charge is -2.22. The molecule has 1 atom stereocenters. The Morgan fingerprint density at radius 3 is 2.62 bits per heavy atom. The Morgan fingerprint density at radius 1 is 1.10 bits per heavy atom. The molecule has 21 heavy (non-hydrogen) atoms. The van der Waals surface area contributed by atoms with Crippen molar-refractivity contribution in [1.29, 1.82) is 0 Å². The predicted molar refractivity (Wildman–Crippen MR) is 87.7 cm³/mol. The lowest BCUT2D eigenvalue weighted by molar-refractivity contribution is 0.351. The van der Waals surface area contributed by atoms with Gasteiger partial charge in [0, 0.05) is 22.0 Å². The normalized spacial score (nSPS) is 14.7. The van der Waals surface area contributed by atoms with E-state index in [1.165, 1.54) is 11.1 Å². The van der Waals surface area contributed by atoms with E-state index in [9.17, 15) is 0 Å². The Balaban J connectivity index is 2.15. The summed E-state index contributed by atoms with van der Waals surface area (Å²) in [5.41, 5.74) is 4.58. The van der Waals surface area contributed by atoms with Crippen LogP contribution < -0.4 is 10.1 Å². The average molecular weight is 322 g/mol. The molecule has 2 nitrogen and oxygen atoms in total. The summed E-state index contributed by atoms with van der Waals surface area (Å²) in [6, 6.07) is 9.92. The zero-order chi connectivity index (χ0) is 15.0. The second-order valence-electron chi connectivity index (χ2n) is 5.30. The maximum Gasteiger partial charge on any atom is 0.127 e. The van der Waals surface area contributed by atoms with Crippen LogP contribution in [0.3, 0.4) is 0 Å². The molecule has 0 bridgehead atoms. The highest BCUT2D eigenvalue weighted by atomic mass is 35.5. The Kier molecular flexibility index (Phi) is 4.12. The predicted octanol–water partition coefficient (Wildman–Crippen LogP) is 4.55. The maximum absolute atomic E-state index is 6.28. The van der Waals surface area contributed by atoms with Crippen LogP contribution in [0, 0.1) is 6.92 Å². The van der Waals surface area contributed by atoms with Gasteiger partial charge in [-0.25, -0.2) is 0 Å². The largest absolute Gasteiger partial charge is 0.493 e. The number of rotatable bonds is 3. The van der Waals surface area contributed by atoms with Crippen molar-refractivity contribution in [2.45, 2.75) is 19.4 Å². The Labute approximate surface area is 135 Å². The number of hydrogen-bond donors (Lipinski definition) is 1. The smallest absolute Gasteiger partial charge is 0.127 e. The standard InChI is InChI=1S/C17H17Cl2NO/c1-10-3-4-12(18)8-14(10)16(20-2)15-9-13(19)7-11-5-6-21-17(11)15/h3-4,7-9,16,20H,5-6H2,1-2H3. The van der Waals surface area contributed by atoms with E-state index in [-0.39, 0.29) is 6.04 Å². The molecule has 110 valence electrons. The van der Waals surface area contributed by atoms with Gasteiger partial charge in [0.2, 0.25) is 0 Å². The summed E-state index contributed by atoms with van der Waals surface area (Å²) in [5.74, 6) is 0.957. The second kappa shape index (κ2) is 5.88. The summed E-state index contributed by atoms with van der Waals surface area (Å²) in [6.07, 6.45) is 0.911. The van der Waals surface area contributed by atoms with Crippen molar-refractivity contribution in [3.8, 4) is 5.75 Å². The van der Waals surface area contributed by atoms with Crippen LogP contribution in [0.2, 0.25) is 10.0 Å². The highest BCUT2D eigenvalue weighted by Gasteiger charge is 2.24. The molecule has 0 aromatic heterocycles. The van der Waals surface area contributed by atoms with E-state index >= 15 is 0 Å². The van der Waals surface area contributed by atoms with Crippen molar-refractivity contribution >= 4 is 23.2 Å². The van der Waals surface area contributed by atoms with Crippen LogP contribution in [0.5, 0.6) is 5.75 Å². The van der Waals surface area contributed by atoms with Crippen LogP contribution in [0.15, 0.2) is 30.3 Å². The average Bonchev–Trinajstić information content (AvgIpc) is 2.91. The summed E-state index contributed by atoms with van der Waals surface area (Å²) >= 11 is 12.4. The van der Waals surface area contributed by atoms with E-state index in [0.717, 1.165) is 33.3 Å². The van der Waals surface area contributed by atoms with E-state index in [1.54, 1.807) is 0 Å². The van der Waals surface area contributed by atoms with Gasteiger partial charge in [-0.05, 0) is 54.9 Å². The van der Waals surface area contributed by atoms with Crippen molar-refractivity contribution in [1.82, 2.24) is 5.32 Å². The SMILES string of the molecule is CNC(c1cc(Cl)ccc1C)c1cc(Cl)cc2c1OCC2. The fourth-order valence-electron chi connectivity index (χ4n) is 2.91. The zero-order valence-electron chi connectivity index (χ0n) is 12.0. The van der Waals surface area contributed by atoms with Crippen LogP contribution in [-0.4, -0.2) is 13.7 Å². The number of aryl methyl sites for hydroxylation is 1. The molecule has 4 heteroatoms. The highest BCUT2D eigenvalue weighted by Crippen LogP contribution is 2.39. The van der Waals surface area contributed by atoms with E-state index in [0.29, 0.717) is 6.61 Å². The number of benzene rings is 2. The van der Waals surface area contributed by atoms with Crippen LogP contribution in [-0.2, 0) is 6.42 Å². The summed E-state index contributed by atoms with van der Waals surface area (Å²) in [5, 5.41) is 4.84. The molecule has 1 N–H and O–H groups in total. The van der Waals surface area contributed by atoms with Gasteiger partial charge in [-0.3, -0.25) is 0 Å². The van der Waals surface area contributed by atoms with Gasteiger partial charge in [0.05, 0.1) is 12.6 Å². The van der Waals surface area contributed by atoms with E-state index in [4.69, 9.17) is 27.9 Å². The topological polar surface area (TPSA) is 21.3 Å². The van der Waals surface area contributed by atoms with Crippen molar-refractivity contribution in [3.63, 3.8) is 0 Å². The molecule has 2 aromatic rings. The van der Waals surface area contributed by atoms with Crippen molar-refractivity contribution in [3.05, 3.63) is 62.6 Å². The van der Waals surface area contributed by atoms with Gasteiger partial charge in [0.1, 0.15) is 5.75 Å². The Bertz CT molecular complexity index is 685. The van der Waals surface area contributed by atoms with Gasteiger partial charge in [-0.1, -0.05) is 29.3 Å². The van der Waals surface area contributed by atoms with Gasteiger partial charge in [0.15, 0.2) is 0 Å². The fourth-order valence-corrected chi connectivity index (χ4v) is 3.34. The first-order valence-corrected chi connectivity index (χ1v) is 7.74. The lowest BCUT2D eigenvalue weighted by atomic mass is 9.93. The molecule has 1 heterocycles. The molecule has 1 aliphatic rings. The summed E-state index contributed by atoms with van der Waals surface area (Å²) in [6.45, 7) is 2.80. The van der Waals surface area contributed by atoms with Gasteiger partial charge in [0.25, 0.3) is 0 Å². The van der Waals surface area contributed by atoms with Crippen LogP contribution >= 0.6 is 23.2 Å². The first-order valence-electron chi connectivity index (χ1n) is 6.98. The Morgan fingerprint density at radius 2 is 1.86 bits per heavy atom. The third-order valence-electron chi connectivity index (χ3n) is 3.93. The number of hydrogen-bond acceptors (Lipinski definition) is 2. The van der Waals surface area contributed by atoms with E-state index in [1.807, 2.05) is 37.4 Å². The first kappa shape index (κ1) is 14.7. The van der Waals surface area contributed by atoms with Crippen molar-refractivity contribution in [2.75, 3.05) is 13.7 Å². The molecule has 1 unspecified atom stereocenters. The van der Waals surface area contributed by atoms with Gasteiger partial charge < -0.3 is 10.1 Å². The van der Waals surface area contributed by atoms with Gasteiger partial charge >= 0.3 is 0 Å². The molecule has 0 spiro atoms. The minimum atomic E-state index is 0.00856. The molecule has 0 radical (unpaired) electrons. The van der Waals surface area contributed by atoms with Crippen molar-refractivity contribution < 1.29 is 4.74 Å². The molecule has 0 saturated heterocycles. The zero-order valence-corrected chi connectivity index (χ0v) is 13.6. The summed E-state index contributed by atoms with van der Waals surface area (Å²) < 4.78 is 5.83. The summed E-state index contributed by atoms with van der Waals surface area (Å²) in [7, 11) is 1.94. The van der Waals surface area contributed by atoms with Gasteiger partial charge in [-0.15, -0.1) is 0 Å². The highest BCUT2D eigenvalue weighted by molar-refractivity contribution is 6.31. The van der Waals surface area contributed by atoms with Crippen LogP contribution in [0.25, 0.3) is 0 Å². The maximum atomic E-state index is 6.28. The number of ether oxygens (including phenoxy) is 1. The number of halogens is 2. The third kappa shape index (κ3) is 2.76. The first-order chi connectivity index (χ1) is 10.1. The minimum absolute atomic E-state index is 0.00856. The molecule has 0 amide bonds. The molecule has 0 fully saturated rings. The van der Waals surface area contributed by atoms with Crippen LogP contribution in [0.1, 0.15) is 28.3 Å². The quantitative estimate of drug-likeness (QED) is 0.895. The molecule has 1 aliphatic heterocycles. The molecule has 3 rings (SSSR count). The number of fused-ring (bicyclic) bond motifs is 1. The Hall–Kier alpha value is -1.22.